The second-order valence-corrected chi connectivity index (χ2v) is 3.04. The van der Waals surface area contributed by atoms with Crippen LogP contribution in [0.4, 0.5) is 0 Å². The van der Waals surface area contributed by atoms with E-state index in [4.69, 9.17) is 16.9 Å². The van der Waals surface area contributed by atoms with E-state index in [-0.39, 0.29) is 18.2 Å². The van der Waals surface area contributed by atoms with Crippen LogP contribution in [0.5, 0.6) is 0 Å². The van der Waals surface area contributed by atoms with E-state index in [2.05, 4.69) is 5.32 Å². The molecule has 4 heteroatoms. The van der Waals surface area contributed by atoms with E-state index < -0.39 is 5.91 Å². The van der Waals surface area contributed by atoms with Crippen LogP contribution < -0.4 is 11.1 Å². The average molecular weight is 182 g/mol. The topological polar surface area (TPSA) is 64.4 Å². The first-order valence-corrected chi connectivity index (χ1v) is 4.33. The van der Waals surface area contributed by atoms with Gasteiger partial charge in [0.05, 0.1) is 12.1 Å². The number of hydrogen-bond donors (Lipinski definition) is 2. The lowest BCUT2D eigenvalue weighted by Gasteiger charge is -2.41. The molecule has 0 aromatic carbocycles. The summed E-state index contributed by atoms with van der Waals surface area (Å²) in [5.74, 6) is 1.56. The predicted octanol–water partition coefficient (Wildman–Crippen LogP) is -0.760. The van der Waals surface area contributed by atoms with Crippen molar-refractivity contribution in [1.82, 2.24) is 5.32 Å². The Kier molecular flexibility index (Phi) is 3.29. The highest BCUT2D eigenvalue weighted by Crippen LogP contribution is 2.22. The molecule has 0 bridgehead atoms. The third kappa shape index (κ3) is 2.20. The van der Waals surface area contributed by atoms with Gasteiger partial charge in [-0.05, 0) is 19.3 Å². The van der Waals surface area contributed by atoms with Crippen molar-refractivity contribution in [2.24, 2.45) is 5.73 Å². The second kappa shape index (κ2) is 4.26. The van der Waals surface area contributed by atoms with Crippen molar-refractivity contribution in [2.75, 3.05) is 6.61 Å². The second-order valence-electron chi connectivity index (χ2n) is 3.04. The van der Waals surface area contributed by atoms with Crippen molar-refractivity contribution >= 4 is 5.91 Å². The van der Waals surface area contributed by atoms with Crippen molar-refractivity contribution in [1.29, 1.82) is 0 Å². The quantitative estimate of drug-likeness (QED) is 0.564. The lowest BCUT2D eigenvalue weighted by Crippen LogP contribution is -2.64. The van der Waals surface area contributed by atoms with Crippen molar-refractivity contribution in [2.45, 2.75) is 31.5 Å². The molecule has 3 unspecified atom stereocenters. The summed E-state index contributed by atoms with van der Waals surface area (Å²) in [6.45, 7) is 2.53. The van der Waals surface area contributed by atoms with Crippen molar-refractivity contribution in [3.05, 3.63) is 0 Å². The number of carbonyl (C=O) groups excluding carboxylic acids is 1. The number of carbonyl (C=O) groups is 1. The zero-order valence-corrected chi connectivity index (χ0v) is 7.62. The molecule has 0 saturated heterocycles. The number of nitrogens with two attached hydrogens (primary N) is 1. The molecule has 1 aliphatic rings. The van der Waals surface area contributed by atoms with Gasteiger partial charge in [0.1, 0.15) is 0 Å². The smallest absolute Gasteiger partial charge is 0.295 e. The molecule has 3 N–H and O–H groups in total. The molecule has 13 heavy (non-hydrogen) atoms. The first-order valence-electron chi connectivity index (χ1n) is 4.33. The van der Waals surface area contributed by atoms with Crippen molar-refractivity contribution in [3.63, 3.8) is 0 Å². The minimum atomic E-state index is -0.426. The molecule has 1 saturated carbocycles. The molecule has 0 radical (unpaired) electrons. The van der Waals surface area contributed by atoms with Gasteiger partial charge in [-0.3, -0.25) is 4.79 Å². The fourth-order valence-electron chi connectivity index (χ4n) is 1.42. The third-order valence-corrected chi connectivity index (χ3v) is 2.18. The number of ether oxygens (including phenoxy) is 1. The molecule has 4 nitrogen and oxygen atoms in total. The van der Waals surface area contributed by atoms with Crippen LogP contribution in [0.3, 0.4) is 0 Å². The van der Waals surface area contributed by atoms with Gasteiger partial charge >= 0.3 is 0 Å². The summed E-state index contributed by atoms with van der Waals surface area (Å²) >= 11 is 0. The van der Waals surface area contributed by atoms with Crippen LogP contribution in [-0.4, -0.2) is 30.7 Å². The van der Waals surface area contributed by atoms with Crippen molar-refractivity contribution in [3.8, 4) is 12.3 Å². The van der Waals surface area contributed by atoms with E-state index in [1.807, 2.05) is 12.8 Å². The van der Waals surface area contributed by atoms with Gasteiger partial charge in [0.2, 0.25) is 0 Å². The van der Waals surface area contributed by atoms with Crippen LogP contribution in [0.15, 0.2) is 0 Å². The molecule has 1 fully saturated rings. The SMILES string of the molecule is C#CC(=O)NC1C(N)CC1OCC. The molecule has 0 aromatic heterocycles. The van der Waals surface area contributed by atoms with Gasteiger partial charge in [0, 0.05) is 12.6 Å². The van der Waals surface area contributed by atoms with Crippen LogP contribution in [0.25, 0.3) is 0 Å². The van der Waals surface area contributed by atoms with Crippen LogP contribution >= 0.6 is 0 Å². The fourth-order valence-corrected chi connectivity index (χ4v) is 1.42. The molecule has 1 amide bonds. The molecule has 0 spiro atoms. The Hall–Kier alpha value is -1.05. The largest absolute Gasteiger partial charge is 0.376 e. The Morgan fingerprint density at radius 2 is 2.54 bits per heavy atom. The average Bonchev–Trinajstić information content (AvgIpc) is 2.13. The van der Waals surface area contributed by atoms with Gasteiger partial charge in [0.25, 0.3) is 5.91 Å². The fraction of sp³-hybridized carbons (Fsp3) is 0.667. The van der Waals surface area contributed by atoms with Crippen LogP contribution in [0.2, 0.25) is 0 Å². The van der Waals surface area contributed by atoms with Gasteiger partial charge in [-0.1, -0.05) is 0 Å². The molecule has 0 aliphatic heterocycles. The number of hydrogen-bond acceptors (Lipinski definition) is 3. The van der Waals surface area contributed by atoms with Crippen LogP contribution in [-0.2, 0) is 9.53 Å². The minimum Gasteiger partial charge on any atom is -0.376 e. The molecule has 72 valence electrons. The van der Waals surface area contributed by atoms with E-state index in [0.717, 1.165) is 6.42 Å². The van der Waals surface area contributed by atoms with E-state index >= 15 is 0 Å². The summed E-state index contributed by atoms with van der Waals surface area (Å²) in [4.78, 5) is 10.9. The van der Waals surface area contributed by atoms with E-state index in [0.29, 0.717) is 6.61 Å². The standard InChI is InChI=1S/C9H14N2O2/c1-3-8(12)11-9-6(10)5-7(9)13-4-2/h1,6-7,9H,4-5,10H2,2H3,(H,11,12). The lowest BCUT2D eigenvalue weighted by atomic mass is 9.83. The Morgan fingerprint density at radius 1 is 1.85 bits per heavy atom. The highest BCUT2D eigenvalue weighted by atomic mass is 16.5. The molecule has 0 heterocycles. The van der Waals surface area contributed by atoms with Gasteiger partial charge in [0.15, 0.2) is 0 Å². The number of amides is 1. The summed E-state index contributed by atoms with van der Waals surface area (Å²) in [5.41, 5.74) is 5.68. The summed E-state index contributed by atoms with van der Waals surface area (Å²) in [6, 6.07) is -0.155. The Balaban J connectivity index is 2.39. The zero-order chi connectivity index (χ0) is 9.84. The van der Waals surface area contributed by atoms with E-state index in [9.17, 15) is 4.79 Å². The van der Waals surface area contributed by atoms with Gasteiger partial charge in [-0.25, -0.2) is 0 Å². The minimum absolute atomic E-state index is 0.0253. The summed E-state index contributed by atoms with van der Waals surface area (Å²) in [7, 11) is 0. The maximum atomic E-state index is 10.9. The Labute approximate surface area is 77.8 Å². The van der Waals surface area contributed by atoms with E-state index in [1.54, 1.807) is 0 Å². The number of rotatable bonds is 3. The van der Waals surface area contributed by atoms with Crippen molar-refractivity contribution < 1.29 is 9.53 Å². The zero-order valence-electron chi connectivity index (χ0n) is 7.62. The Morgan fingerprint density at radius 3 is 3.00 bits per heavy atom. The normalized spacial score (nSPS) is 31.6. The molecule has 0 aromatic rings. The molecular formula is C9H14N2O2. The van der Waals surface area contributed by atoms with Gasteiger partial charge in [-0.15, -0.1) is 6.42 Å². The highest BCUT2D eigenvalue weighted by Gasteiger charge is 2.40. The first kappa shape index (κ1) is 10.0. The lowest BCUT2D eigenvalue weighted by molar-refractivity contribution is -0.120. The summed E-state index contributed by atoms with van der Waals surface area (Å²) in [5, 5.41) is 2.63. The molecule has 3 atom stereocenters. The van der Waals surface area contributed by atoms with E-state index in [1.165, 1.54) is 0 Å². The number of terminal acetylenes is 1. The molecule has 1 aliphatic carbocycles. The maximum Gasteiger partial charge on any atom is 0.295 e. The third-order valence-electron chi connectivity index (χ3n) is 2.18. The first-order chi connectivity index (χ1) is 6.19. The predicted molar refractivity (Wildman–Crippen MR) is 48.8 cm³/mol. The molecule has 1 rings (SSSR count). The summed E-state index contributed by atoms with van der Waals surface area (Å²) < 4.78 is 5.34. The van der Waals surface area contributed by atoms with Gasteiger partial charge in [-0.2, -0.15) is 0 Å². The van der Waals surface area contributed by atoms with Crippen LogP contribution in [0, 0.1) is 12.3 Å². The van der Waals surface area contributed by atoms with Gasteiger partial charge < -0.3 is 15.8 Å². The maximum absolute atomic E-state index is 10.9. The summed E-state index contributed by atoms with van der Waals surface area (Å²) in [6.07, 6.45) is 5.73. The number of nitrogens with one attached hydrogen (secondary N) is 1. The monoisotopic (exact) mass is 182 g/mol. The van der Waals surface area contributed by atoms with Crippen LogP contribution in [0.1, 0.15) is 13.3 Å². The highest BCUT2D eigenvalue weighted by molar-refractivity contribution is 5.93. The molecular weight excluding hydrogens is 168 g/mol. The Bertz CT molecular complexity index is 232.